The Balaban J connectivity index is 2.29. The molecule has 0 aromatic rings. The van der Waals surface area contributed by atoms with Crippen molar-refractivity contribution in [2.24, 2.45) is 16.6 Å². The van der Waals surface area contributed by atoms with Crippen molar-refractivity contribution in [3.05, 3.63) is 0 Å². The molecule has 0 aromatic heterocycles. The molecule has 1 fully saturated rings. The second kappa shape index (κ2) is 4.71. The summed E-state index contributed by atoms with van der Waals surface area (Å²) >= 11 is 0. The van der Waals surface area contributed by atoms with Gasteiger partial charge in [0.1, 0.15) is 0 Å². The Hall–Kier alpha value is -0.670. The van der Waals surface area contributed by atoms with Crippen LogP contribution in [0.5, 0.6) is 0 Å². The maximum Gasteiger partial charge on any atom is 0.248 e. The monoisotopic (exact) mass is 204 g/mol. The van der Waals surface area contributed by atoms with Crippen LogP contribution in [0.4, 0.5) is 8.78 Å². The minimum atomic E-state index is -2.43. The number of amidine groups is 1. The lowest BCUT2D eigenvalue weighted by molar-refractivity contribution is -0.0446. The van der Waals surface area contributed by atoms with Gasteiger partial charge in [-0.1, -0.05) is 6.92 Å². The van der Waals surface area contributed by atoms with Gasteiger partial charge in [-0.15, -0.1) is 0 Å². The van der Waals surface area contributed by atoms with E-state index in [2.05, 4.69) is 4.99 Å². The van der Waals surface area contributed by atoms with Crippen LogP contribution in [0.2, 0.25) is 0 Å². The highest BCUT2D eigenvalue weighted by Crippen LogP contribution is 2.36. The summed E-state index contributed by atoms with van der Waals surface area (Å²) in [6.07, 6.45) is 1.92. The molecule has 0 saturated heterocycles. The quantitative estimate of drug-likeness (QED) is 0.557. The molecule has 0 radical (unpaired) electrons. The second-order valence-electron chi connectivity index (χ2n) is 3.98. The molecule has 0 unspecified atom stereocenters. The highest BCUT2D eigenvalue weighted by Gasteiger charge is 2.34. The zero-order valence-corrected chi connectivity index (χ0v) is 8.60. The maximum absolute atomic E-state index is 12.8. The lowest BCUT2D eigenvalue weighted by Gasteiger charge is -2.27. The largest absolute Gasteiger partial charge is 0.387 e. The van der Waals surface area contributed by atoms with Crippen molar-refractivity contribution >= 4 is 5.84 Å². The molecule has 82 valence electrons. The van der Waals surface area contributed by atoms with E-state index in [0.29, 0.717) is 31.1 Å². The molecule has 0 bridgehead atoms. The third-order valence-corrected chi connectivity index (χ3v) is 2.75. The van der Waals surface area contributed by atoms with Gasteiger partial charge in [-0.3, -0.25) is 4.99 Å². The molecule has 0 amide bonds. The van der Waals surface area contributed by atoms with Crippen LogP contribution >= 0.6 is 0 Å². The Labute approximate surface area is 83.6 Å². The van der Waals surface area contributed by atoms with E-state index in [1.807, 2.05) is 6.92 Å². The van der Waals surface area contributed by atoms with Crippen molar-refractivity contribution in [2.45, 2.75) is 45.0 Å². The van der Waals surface area contributed by atoms with E-state index in [1.54, 1.807) is 0 Å². The van der Waals surface area contributed by atoms with Gasteiger partial charge in [-0.05, 0) is 18.8 Å². The molecule has 1 saturated carbocycles. The van der Waals surface area contributed by atoms with E-state index < -0.39 is 5.92 Å². The van der Waals surface area contributed by atoms with Gasteiger partial charge in [-0.25, -0.2) is 8.78 Å². The molecular weight excluding hydrogens is 186 g/mol. The highest BCUT2D eigenvalue weighted by molar-refractivity contribution is 5.79. The first kappa shape index (κ1) is 11.4. The first-order valence-electron chi connectivity index (χ1n) is 5.20. The number of aliphatic imine (C=N–C) groups is 1. The molecule has 2 N–H and O–H groups in total. The number of hydrogen-bond donors (Lipinski definition) is 1. The van der Waals surface area contributed by atoms with Gasteiger partial charge in [0.2, 0.25) is 5.92 Å². The van der Waals surface area contributed by atoms with Gasteiger partial charge in [-0.2, -0.15) is 0 Å². The summed E-state index contributed by atoms with van der Waals surface area (Å²) in [7, 11) is 0. The van der Waals surface area contributed by atoms with Crippen molar-refractivity contribution in [3.63, 3.8) is 0 Å². The Bertz CT molecular complexity index is 204. The highest BCUT2D eigenvalue weighted by atomic mass is 19.3. The number of hydrogen-bond acceptors (Lipinski definition) is 1. The van der Waals surface area contributed by atoms with Crippen molar-refractivity contribution < 1.29 is 8.78 Å². The van der Waals surface area contributed by atoms with Crippen LogP contribution in [0, 0.1) is 5.92 Å². The summed E-state index contributed by atoms with van der Waals surface area (Å²) in [6.45, 7) is 2.56. The van der Waals surface area contributed by atoms with Gasteiger partial charge in [0.05, 0.1) is 5.84 Å². The molecule has 1 rings (SSSR count). The standard InChI is InChI=1S/C10H18F2N2/c1-2-9(13)14-7-8-3-5-10(11,12)6-4-8/h8H,2-7H2,1H3,(H2,13,14). The molecule has 1 aliphatic carbocycles. The molecule has 1 aliphatic rings. The van der Waals surface area contributed by atoms with Crippen molar-refractivity contribution in [1.82, 2.24) is 0 Å². The average molecular weight is 204 g/mol. The number of nitrogens with zero attached hydrogens (tertiary/aromatic N) is 1. The Morgan fingerprint density at radius 3 is 2.50 bits per heavy atom. The van der Waals surface area contributed by atoms with E-state index in [4.69, 9.17) is 5.73 Å². The average Bonchev–Trinajstić information content (AvgIpc) is 2.16. The van der Waals surface area contributed by atoms with Crippen LogP contribution < -0.4 is 5.73 Å². The normalized spacial score (nSPS) is 23.8. The van der Waals surface area contributed by atoms with Gasteiger partial charge in [0.25, 0.3) is 0 Å². The van der Waals surface area contributed by atoms with Crippen LogP contribution in [0.3, 0.4) is 0 Å². The van der Waals surface area contributed by atoms with E-state index in [1.165, 1.54) is 0 Å². The molecule has 0 atom stereocenters. The lowest BCUT2D eigenvalue weighted by Crippen LogP contribution is -2.26. The number of alkyl halides is 2. The minimum Gasteiger partial charge on any atom is -0.387 e. The van der Waals surface area contributed by atoms with Gasteiger partial charge in [0.15, 0.2) is 0 Å². The van der Waals surface area contributed by atoms with Crippen molar-refractivity contribution in [2.75, 3.05) is 6.54 Å². The molecular formula is C10H18F2N2. The Morgan fingerprint density at radius 2 is 2.00 bits per heavy atom. The minimum absolute atomic E-state index is 0.0131. The molecule has 0 aromatic carbocycles. The van der Waals surface area contributed by atoms with Crippen LogP contribution in [-0.4, -0.2) is 18.3 Å². The van der Waals surface area contributed by atoms with E-state index in [0.717, 1.165) is 6.42 Å². The lowest BCUT2D eigenvalue weighted by atomic mass is 9.87. The van der Waals surface area contributed by atoms with E-state index >= 15 is 0 Å². The fourth-order valence-corrected chi connectivity index (χ4v) is 1.64. The summed E-state index contributed by atoms with van der Waals surface area (Å²) in [5.41, 5.74) is 5.55. The summed E-state index contributed by atoms with van der Waals surface area (Å²) in [5, 5.41) is 0. The van der Waals surface area contributed by atoms with Crippen LogP contribution in [0.25, 0.3) is 0 Å². The first-order chi connectivity index (χ1) is 6.53. The van der Waals surface area contributed by atoms with Crippen molar-refractivity contribution in [3.8, 4) is 0 Å². The van der Waals surface area contributed by atoms with Crippen LogP contribution in [0.1, 0.15) is 39.0 Å². The molecule has 4 heteroatoms. The van der Waals surface area contributed by atoms with Gasteiger partial charge in [0, 0.05) is 25.8 Å². The molecule has 2 nitrogen and oxygen atoms in total. The molecule has 0 aliphatic heterocycles. The first-order valence-corrected chi connectivity index (χ1v) is 5.20. The van der Waals surface area contributed by atoms with E-state index in [-0.39, 0.29) is 12.8 Å². The third-order valence-electron chi connectivity index (χ3n) is 2.75. The number of halogens is 2. The summed E-state index contributed by atoms with van der Waals surface area (Å²) in [6, 6.07) is 0. The Kier molecular flexibility index (Phi) is 3.84. The SMILES string of the molecule is CCC(N)=NCC1CCC(F)(F)CC1. The van der Waals surface area contributed by atoms with Crippen LogP contribution in [0.15, 0.2) is 4.99 Å². The van der Waals surface area contributed by atoms with Gasteiger partial charge < -0.3 is 5.73 Å². The second-order valence-corrected chi connectivity index (χ2v) is 3.98. The molecule has 14 heavy (non-hydrogen) atoms. The Morgan fingerprint density at radius 1 is 1.43 bits per heavy atom. The van der Waals surface area contributed by atoms with Crippen molar-refractivity contribution in [1.29, 1.82) is 0 Å². The summed E-state index contributed by atoms with van der Waals surface area (Å²) in [5.74, 6) is -1.50. The van der Waals surface area contributed by atoms with Gasteiger partial charge >= 0.3 is 0 Å². The third kappa shape index (κ3) is 3.60. The zero-order chi connectivity index (χ0) is 10.6. The smallest absolute Gasteiger partial charge is 0.248 e. The predicted molar refractivity (Wildman–Crippen MR) is 53.7 cm³/mol. The van der Waals surface area contributed by atoms with Crippen LogP contribution in [-0.2, 0) is 0 Å². The molecule has 0 heterocycles. The number of rotatable bonds is 3. The zero-order valence-electron chi connectivity index (χ0n) is 8.60. The summed E-state index contributed by atoms with van der Waals surface area (Å²) in [4.78, 5) is 4.16. The fourth-order valence-electron chi connectivity index (χ4n) is 1.64. The fraction of sp³-hybridized carbons (Fsp3) is 0.900. The summed E-state index contributed by atoms with van der Waals surface area (Å²) < 4.78 is 25.6. The number of nitrogens with two attached hydrogens (primary N) is 1. The predicted octanol–water partition coefficient (Wildman–Crippen LogP) is 2.58. The topological polar surface area (TPSA) is 38.4 Å². The maximum atomic E-state index is 12.8. The molecule has 0 spiro atoms. The van der Waals surface area contributed by atoms with E-state index in [9.17, 15) is 8.78 Å².